The van der Waals surface area contributed by atoms with Gasteiger partial charge in [-0.15, -0.1) is 0 Å². The molecule has 2 aromatic rings. The fraction of sp³-hybridized carbons (Fsp3) is 0.500. The van der Waals surface area contributed by atoms with Crippen molar-refractivity contribution < 1.29 is 5.11 Å². The zero-order valence-corrected chi connectivity index (χ0v) is 26.1. The number of nitrogens with zero attached hydrogens (tertiary/aromatic N) is 5. The van der Waals surface area contributed by atoms with Crippen LogP contribution in [-0.4, -0.2) is 57.8 Å². The summed E-state index contributed by atoms with van der Waals surface area (Å²) in [5.74, 6) is 1.78. The smallest absolute Gasteiger partial charge is 0.125 e. The highest BCUT2D eigenvalue weighted by molar-refractivity contribution is 6.10. The molecule has 3 aliphatic rings. The van der Waals surface area contributed by atoms with Crippen LogP contribution in [0.2, 0.25) is 0 Å². The van der Waals surface area contributed by atoms with Gasteiger partial charge in [0.05, 0.1) is 11.8 Å². The molecule has 42 heavy (non-hydrogen) atoms. The minimum absolute atomic E-state index is 0.117. The van der Waals surface area contributed by atoms with Crippen LogP contribution in [0.3, 0.4) is 0 Å². The largest absolute Gasteiger partial charge is 0.396 e. The molecule has 1 aromatic heterocycles. The second kappa shape index (κ2) is 13.8. The van der Waals surface area contributed by atoms with Crippen molar-refractivity contribution in [1.82, 2.24) is 14.9 Å². The van der Waals surface area contributed by atoms with Crippen LogP contribution in [0.5, 0.6) is 0 Å². The topological polar surface area (TPSA) is 74.0 Å². The maximum atomic E-state index is 9.87. The summed E-state index contributed by atoms with van der Waals surface area (Å²) in [6, 6.07) is 7.32. The van der Waals surface area contributed by atoms with Crippen LogP contribution in [0, 0.1) is 19.8 Å². The van der Waals surface area contributed by atoms with Gasteiger partial charge >= 0.3 is 0 Å². The van der Waals surface area contributed by atoms with Gasteiger partial charge in [-0.25, -0.2) is 15.0 Å². The molecule has 6 heteroatoms. The number of aliphatic hydroxyl groups excluding tert-OH is 1. The highest BCUT2D eigenvalue weighted by Gasteiger charge is 2.26. The molecule has 2 aliphatic heterocycles. The van der Waals surface area contributed by atoms with Crippen molar-refractivity contribution >= 4 is 17.6 Å². The SMILES string of the molecule is CCC(/C1=C/CCC2N=CN=C2/C(CCO)=C\1)=C(\c1cc(C2CCN(Cc3cnc(C)nc3)CC2)ccc1C)C(C)C. The van der Waals surface area contributed by atoms with E-state index in [1.54, 1.807) is 6.34 Å². The van der Waals surface area contributed by atoms with Crippen molar-refractivity contribution in [2.24, 2.45) is 15.9 Å². The van der Waals surface area contributed by atoms with Crippen LogP contribution in [0.15, 0.2) is 69.4 Å². The Morgan fingerprint density at radius 1 is 1.07 bits per heavy atom. The first-order valence-corrected chi connectivity index (χ1v) is 15.8. The van der Waals surface area contributed by atoms with Crippen LogP contribution >= 0.6 is 0 Å². The summed E-state index contributed by atoms with van der Waals surface area (Å²) in [6.45, 7) is 14.4. The molecular formula is C36H47N5O. The lowest BCUT2D eigenvalue weighted by Gasteiger charge is -2.32. The van der Waals surface area contributed by atoms with Gasteiger partial charge in [-0.05, 0) is 122 Å². The minimum atomic E-state index is 0.117. The van der Waals surface area contributed by atoms with E-state index < -0.39 is 0 Å². The number of aryl methyl sites for hydroxylation is 2. The third-order valence-corrected chi connectivity index (χ3v) is 9.06. The molecule has 0 spiro atoms. The van der Waals surface area contributed by atoms with Gasteiger partial charge in [0.25, 0.3) is 0 Å². The van der Waals surface area contributed by atoms with E-state index in [0.717, 1.165) is 56.0 Å². The maximum Gasteiger partial charge on any atom is 0.125 e. The van der Waals surface area contributed by atoms with E-state index in [-0.39, 0.29) is 12.6 Å². The van der Waals surface area contributed by atoms with Gasteiger partial charge in [-0.2, -0.15) is 0 Å². The summed E-state index contributed by atoms with van der Waals surface area (Å²) in [4.78, 5) is 20.5. The number of hydrogen-bond donors (Lipinski definition) is 1. The van der Waals surface area contributed by atoms with Gasteiger partial charge in [0, 0.05) is 31.1 Å². The summed E-state index contributed by atoms with van der Waals surface area (Å²) in [6.07, 6.45) is 16.2. The van der Waals surface area contributed by atoms with Crippen LogP contribution in [-0.2, 0) is 6.54 Å². The fourth-order valence-electron chi connectivity index (χ4n) is 6.83. The highest BCUT2D eigenvalue weighted by atomic mass is 16.3. The second-order valence-electron chi connectivity index (χ2n) is 12.3. The molecule has 1 saturated heterocycles. The molecule has 1 aliphatic carbocycles. The number of piperidine rings is 1. The number of rotatable bonds is 9. The van der Waals surface area contributed by atoms with Gasteiger partial charge < -0.3 is 5.11 Å². The van der Waals surface area contributed by atoms with E-state index >= 15 is 0 Å². The molecule has 0 saturated carbocycles. The molecule has 3 heterocycles. The van der Waals surface area contributed by atoms with Crippen molar-refractivity contribution in [2.75, 3.05) is 19.7 Å². The molecule has 0 amide bonds. The molecule has 1 fully saturated rings. The molecule has 0 radical (unpaired) electrons. The van der Waals surface area contributed by atoms with Gasteiger partial charge in [0.15, 0.2) is 0 Å². The molecule has 222 valence electrons. The van der Waals surface area contributed by atoms with E-state index in [4.69, 9.17) is 0 Å². The monoisotopic (exact) mass is 565 g/mol. The zero-order chi connectivity index (χ0) is 29.6. The lowest BCUT2D eigenvalue weighted by Crippen LogP contribution is -2.32. The lowest BCUT2D eigenvalue weighted by atomic mass is 9.80. The third-order valence-electron chi connectivity index (χ3n) is 9.06. The second-order valence-corrected chi connectivity index (χ2v) is 12.3. The predicted molar refractivity (Wildman–Crippen MR) is 174 cm³/mol. The Hall–Kier alpha value is -3.22. The minimum Gasteiger partial charge on any atom is -0.396 e. The zero-order valence-electron chi connectivity index (χ0n) is 26.1. The number of hydrogen-bond acceptors (Lipinski definition) is 6. The maximum absolute atomic E-state index is 9.87. The highest BCUT2D eigenvalue weighted by Crippen LogP contribution is 2.39. The van der Waals surface area contributed by atoms with E-state index in [1.165, 1.54) is 51.8 Å². The predicted octanol–water partition coefficient (Wildman–Crippen LogP) is 7.17. The lowest BCUT2D eigenvalue weighted by molar-refractivity contribution is 0.204. The van der Waals surface area contributed by atoms with Crippen molar-refractivity contribution in [3.63, 3.8) is 0 Å². The fourth-order valence-corrected chi connectivity index (χ4v) is 6.83. The Kier molecular flexibility index (Phi) is 9.96. The summed E-state index contributed by atoms with van der Waals surface area (Å²) in [5, 5.41) is 9.87. The Morgan fingerprint density at radius 2 is 1.83 bits per heavy atom. The molecule has 6 nitrogen and oxygen atoms in total. The van der Waals surface area contributed by atoms with Gasteiger partial charge in [0.1, 0.15) is 12.2 Å². The average Bonchev–Trinajstić information content (AvgIpc) is 3.44. The van der Waals surface area contributed by atoms with E-state index in [2.05, 4.69) is 82.9 Å². The van der Waals surface area contributed by atoms with Crippen LogP contribution < -0.4 is 0 Å². The van der Waals surface area contributed by atoms with Crippen molar-refractivity contribution in [3.8, 4) is 0 Å². The van der Waals surface area contributed by atoms with Gasteiger partial charge in [0.2, 0.25) is 0 Å². The standard InChI is InChI=1S/C36H47N5O/c1-6-32(30-8-7-9-34-36(40-23-39-34)31(18-30)14-17-42)35(24(2)3)33-19-29(11-10-25(33)4)28-12-15-41(16-13-28)22-27-20-37-26(5)38-21-27/h8,10-11,18-21,23-24,28,34,42H,6-7,9,12-17,22H2,1-5H3/b30-8+,31-18-,35-32+. The number of aliphatic imine (C=N–C) groups is 2. The summed E-state index contributed by atoms with van der Waals surface area (Å²) >= 11 is 0. The Labute approximate surface area is 252 Å². The third kappa shape index (κ3) is 6.87. The van der Waals surface area contributed by atoms with E-state index in [1.807, 2.05) is 19.3 Å². The molecule has 1 atom stereocenters. The first-order valence-electron chi connectivity index (χ1n) is 15.8. The molecule has 1 aromatic carbocycles. The summed E-state index contributed by atoms with van der Waals surface area (Å²) in [7, 11) is 0. The van der Waals surface area contributed by atoms with E-state index in [9.17, 15) is 5.11 Å². The Morgan fingerprint density at radius 3 is 2.52 bits per heavy atom. The molecular weight excluding hydrogens is 518 g/mol. The van der Waals surface area contributed by atoms with Crippen LogP contribution in [0.25, 0.3) is 5.57 Å². The number of aliphatic hydroxyl groups is 1. The van der Waals surface area contributed by atoms with Crippen LogP contribution in [0.4, 0.5) is 0 Å². The Bertz CT molecular complexity index is 1400. The van der Waals surface area contributed by atoms with Crippen molar-refractivity contribution in [1.29, 1.82) is 0 Å². The number of fused-ring (bicyclic) bond motifs is 1. The van der Waals surface area contributed by atoms with Crippen molar-refractivity contribution in [3.05, 3.63) is 87.5 Å². The first kappa shape index (κ1) is 30.2. The number of benzene rings is 1. The van der Waals surface area contributed by atoms with Gasteiger partial charge in [-0.3, -0.25) is 9.89 Å². The normalized spacial score (nSPS) is 22.9. The molecule has 1 unspecified atom stereocenters. The average molecular weight is 566 g/mol. The molecule has 1 N–H and O–H groups in total. The van der Waals surface area contributed by atoms with E-state index in [0.29, 0.717) is 18.3 Å². The summed E-state index contributed by atoms with van der Waals surface area (Å²) in [5.41, 5.74) is 11.7. The number of allylic oxidation sites excluding steroid dienone is 5. The Balaban J connectivity index is 1.43. The van der Waals surface area contributed by atoms with Crippen molar-refractivity contribution in [2.45, 2.75) is 91.6 Å². The van der Waals surface area contributed by atoms with Crippen LogP contribution in [0.1, 0.15) is 93.3 Å². The first-order chi connectivity index (χ1) is 20.4. The number of aromatic nitrogens is 2. The molecule has 0 bridgehead atoms. The number of likely N-dealkylation sites (tertiary alicyclic amines) is 1. The quantitative estimate of drug-likeness (QED) is 0.350. The summed E-state index contributed by atoms with van der Waals surface area (Å²) < 4.78 is 0. The molecule has 5 rings (SSSR count). The van der Waals surface area contributed by atoms with Gasteiger partial charge in [-0.1, -0.05) is 45.0 Å².